The third kappa shape index (κ3) is 1.79. The summed E-state index contributed by atoms with van der Waals surface area (Å²) in [5.41, 5.74) is 4.98. The predicted octanol–water partition coefficient (Wildman–Crippen LogP) is 3.22. The van der Waals surface area contributed by atoms with Crippen molar-refractivity contribution >= 4 is 16.7 Å². The Kier molecular flexibility index (Phi) is 2.18. The largest absolute Gasteiger partial charge is 0.385 e. The first-order valence-electron chi connectivity index (χ1n) is 6.31. The van der Waals surface area contributed by atoms with Crippen LogP contribution in [0.4, 0.5) is 5.69 Å². The second kappa shape index (κ2) is 3.49. The van der Waals surface area contributed by atoms with Gasteiger partial charge in [0.25, 0.3) is 0 Å². The topological polar surface area (TPSA) is 40.7 Å². The molecule has 3 nitrogen and oxygen atoms in total. The van der Waals surface area contributed by atoms with E-state index in [1.165, 1.54) is 24.1 Å². The van der Waals surface area contributed by atoms with Gasteiger partial charge >= 0.3 is 0 Å². The fourth-order valence-corrected chi connectivity index (χ4v) is 2.33. The van der Waals surface area contributed by atoms with Crippen LogP contribution in [0.15, 0.2) is 12.1 Å². The summed E-state index contributed by atoms with van der Waals surface area (Å²) in [5.74, 6) is 1.06. The van der Waals surface area contributed by atoms with Gasteiger partial charge in [-0.25, -0.2) is 4.98 Å². The maximum Gasteiger partial charge on any atom is 0.112 e. The second-order valence-electron chi connectivity index (χ2n) is 5.89. The van der Waals surface area contributed by atoms with Gasteiger partial charge in [-0.05, 0) is 30.5 Å². The molecule has 0 aliphatic carbocycles. The number of aryl methyl sites for hydroxylation is 1. The molecule has 0 saturated carbocycles. The average Bonchev–Trinajstić information content (AvgIpc) is 2.68. The molecule has 1 aromatic heterocycles. The van der Waals surface area contributed by atoms with Crippen molar-refractivity contribution in [3.8, 4) is 0 Å². The molecule has 0 amide bonds. The highest BCUT2D eigenvalue weighted by Gasteiger charge is 2.19. The molecule has 0 radical (unpaired) electrons. The molecule has 0 atom stereocenters. The monoisotopic (exact) mass is 229 g/mol. The summed E-state index contributed by atoms with van der Waals surface area (Å²) >= 11 is 0. The highest BCUT2D eigenvalue weighted by atomic mass is 14.9. The Hall–Kier alpha value is -1.51. The molecule has 0 spiro atoms. The van der Waals surface area contributed by atoms with Crippen molar-refractivity contribution in [1.29, 1.82) is 0 Å². The summed E-state index contributed by atoms with van der Waals surface area (Å²) in [4.78, 5) is 8.14. The zero-order valence-electron chi connectivity index (χ0n) is 10.7. The van der Waals surface area contributed by atoms with Crippen molar-refractivity contribution in [3.63, 3.8) is 0 Å². The number of benzene rings is 1. The Morgan fingerprint density at radius 3 is 2.82 bits per heavy atom. The number of rotatable bonds is 0. The number of aromatic nitrogens is 2. The maximum atomic E-state index is 4.70. The molecule has 0 saturated heterocycles. The molecule has 2 heterocycles. The van der Waals surface area contributed by atoms with Crippen LogP contribution in [0.1, 0.15) is 38.6 Å². The van der Waals surface area contributed by atoms with Crippen LogP contribution in [-0.2, 0) is 11.8 Å². The Morgan fingerprint density at radius 2 is 2.06 bits per heavy atom. The van der Waals surface area contributed by atoms with E-state index >= 15 is 0 Å². The van der Waals surface area contributed by atoms with Crippen molar-refractivity contribution in [1.82, 2.24) is 9.97 Å². The maximum absolute atomic E-state index is 4.70. The van der Waals surface area contributed by atoms with Gasteiger partial charge in [-0.2, -0.15) is 0 Å². The van der Waals surface area contributed by atoms with Gasteiger partial charge in [0, 0.05) is 17.6 Å². The van der Waals surface area contributed by atoms with Crippen LogP contribution in [-0.4, -0.2) is 16.5 Å². The molecule has 17 heavy (non-hydrogen) atoms. The molecular formula is C14H19N3. The molecule has 0 fully saturated rings. The van der Waals surface area contributed by atoms with E-state index in [1.807, 2.05) is 0 Å². The number of anilines is 1. The average molecular weight is 229 g/mol. The van der Waals surface area contributed by atoms with Gasteiger partial charge in [0.2, 0.25) is 0 Å². The normalized spacial score (nSPS) is 15.7. The molecule has 1 aliphatic heterocycles. The number of H-pyrrole nitrogens is 1. The van der Waals surface area contributed by atoms with Crippen molar-refractivity contribution in [3.05, 3.63) is 23.5 Å². The van der Waals surface area contributed by atoms with Gasteiger partial charge in [0.15, 0.2) is 0 Å². The molecule has 90 valence electrons. The standard InChI is InChI=1S/C14H19N3/c1-14(2,3)13-16-11-7-9-5-4-6-15-10(9)8-12(11)17-13/h7-8,15H,4-6H2,1-3H3,(H,16,17). The quantitative estimate of drug-likeness (QED) is 0.728. The minimum atomic E-state index is 0.0763. The minimum Gasteiger partial charge on any atom is -0.385 e. The van der Waals surface area contributed by atoms with E-state index < -0.39 is 0 Å². The molecule has 1 aromatic carbocycles. The third-order valence-corrected chi connectivity index (χ3v) is 3.36. The zero-order chi connectivity index (χ0) is 12.0. The summed E-state index contributed by atoms with van der Waals surface area (Å²) in [6, 6.07) is 4.43. The molecule has 3 heteroatoms. The molecule has 1 aliphatic rings. The number of nitrogens with zero attached hydrogens (tertiary/aromatic N) is 1. The Labute approximate surface area is 102 Å². The number of hydrogen-bond acceptors (Lipinski definition) is 2. The van der Waals surface area contributed by atoms with E-state index in [9.17, 15) is 0 Å². The second-order valence-corrected chi connectivity index (χ2v) is 5.89. The summed E-state index contributed by atoms with van der Waals surface area (Å²) in [7, 11) is 0. The molecule has 2 aromatic rings. The fourth-order valence-electron chi connectivity index (χ4n) is 2.33. The first-order valence-corrected chi connectivity index (χ1v) is 6.31. The van der Waals surface area contributed by atoms with Gasteiger partial charge in [-0.1, -0.05) is 20.8 Å². The smallest absolute Gasteiger partial charge is 0.112 e. The van der Waals surface area contributed by atoms with Gasteiger partial charge in [-0.3, -0.25) is 0 Å². The Bertz CT molecular complexity index is 518. The predicted molar refractivity (Wildman–Crippen MR) is 71.6 cm³/mol. The Morgan fingerprint density at radius 1 is 1.24 bits per heavy atom. The summed E-state index contributed by atoms with van der Waals surface area (Å²) < 4.78 is 0. The molecular weight excluding hydrogens is 210 g/mol. The van der Waals surface area contributed by atoms with Crippen LogP contribution in [0.25, 0.3) is 11.0 Å². The summed E-state index contributed by atoms with van der Waals surface area (Å²) in [5, 5.41) is 3.45. The van der Waals surface area contributed by atoms with Gasteiger partial charge < -0.3 is 10.3 Å². The zero-order valence-corrected chi connectivity index (χ0v) is 10.7. The van der Waals surface area contributed by atoms with Crippen molar-refractivity contribution in [2.45, 2.75) is 39.0 Å². The number of fused-ring (bicyclic) bond motifs is 2. The lowest BCUT2D eigenvalue weighted by Gasteiger charge is -2.17. The number of imidazole rings is 1. The first-order chi connectivity index (χ1) is 8.04. The lowest BCUT2D eigenvalue weighted by Crippen LogP contribution is -2.12. The molecule has 3 rings (SSSR count). The van der Waals surface area contributed by atoms with Crippen LogP contribution in [0, 0.1) is 0 Å². The lowest BCUT2D eigenvalue weighted by atomic mass is 9.96. The van der Waals surface area contributed by atoms with Crippen molar-refractivity contribution in [2.24, 2.45) is 0 Å². The Balaban J connectivity index is 2.16. The van der Waals surface area contributed by atoms with E-state index in [4.69, 9.17) is 4.98 Å². The SMILES string of the molecule is CC(C)(C)c1nc2cc3c(cc2[nH]1)CCCN3. The minimum absolute atomic E-state index is 0.0763. The number of aromatic amines is 1. The van der Waals surface area contributed by atoms with Gasteiger partial charge in [0.05, 0.1) is 11.0 Å². The first kappa shape index (κ1) is 10.6. The van der Waals surface area contributed by atoms with E-state index in [1.54, 1.807) is 0 Å². The fraction of sp³-hybridized carbons (Fsp3) is 0.500. The van der Waals surface area contributed by atoms with E-state index in [2.05, 4.69) is 43.2 Å². The van der Waals surface area contributed by atoms with Gasteiger partial charge in [-0.15, -0.1) is 0 Å². The summed E-state index contributed by atoms with van der Waals surface area (Å²) in [6.45, 7) is 7.63. The number of hydrogen-bond donors (Lipinski definition) is 2. The third-order valence-electron chi connectivity index (χ3n) is 3.36. The highest BCUT2D eigenvalue weighted by Crippen LogP contribution is 2.29. The van der Waals surface area contributed by atoms with Crippen LogP contribution >= 0.6 is 0 Å². The van der Waals surface area contributed by atoms with Crippen LogP contribution in [0.2, 0.25) is 0 Å². The van der Waals surface area contributed by atoms with Crippen LogP contribution in [0.3, 0.4) is 0 Å². The van der Waals surface area contributed by atoms with E-state index in [0.29, 0.717) is 0 Å². The lowest BCUT2D eigenvalue weighted by molar-refractivity contribution is 0.554. The van der Waals surface area contributed by atoms with E-state index in [-0.39, 0.29) is 5.41 Å². The molecule has 2 N–H and O–H groups in total. The highest BCUT2D eigenvalue weighted by molar-refractivity contribution is 5.82. The van der Waals surface area contributed by atoms with Crippen LogP contribution < -0.4 is 5.32 Å². The molecule has 0 unspecified atom stereocenters. The van der Waals surface area contributed by atoms with Gasteiger partial charge in [0.1, 0.15) is 5.82 Å². The summed E-state index contributed by atoms with van der Waals surface area (Å²) in [6.07, 6.45) is 2.39. The van der Waals surface area contributed by atoms with Crippen molar-refractivity contribution < 1.29 is 0 Å². The molecule has 0 bridgehead atoms. The van der Waals surface area contributed by atoms with E-state index in [0.717, 1.165) is 23.4 Å². The van der Waals surface area contributed by atoms with Crippen molar-refractivity contribution in [2.75, 3.05) is 11.9 Å². The number of nitrogens with one attached hydrogen (secondary N) is 2. The van der Waals surface area contributed by atoms with Crippen LogP contribution in [0.5, 0.6) is 0 Å².